The van der Waals surface area contributed by atoms with E-state index in [1.165, 1.54) is 24.3 Å². The van der Waals surface area contributed by atoms with E-state index in [-0.39, 0.29) is 23.9 Å². The van der Waals surface area contributed by atoms with Crippen molar-refractivity contribution in [1.29, 1.82) is 0 Å². The lowest BCUT2D eigenvalue weighted by Gasteiger charge is -2.08. The van der Waals surface area contributed by atoms with E-state index in [1.807, 2.05) is 37.3 Å². The van der Waals surface area contributed by atoms with Crippen molar-refractivity contribution >= 4 is 39.6 Å². The molecule has 1 aliphatic rings. The summed E-state index contributed by atoms with van der Waals surface area (Å²) in [6.07, 6.45) is 3.70. The van der Waals surface area contributed by atoms with E-state index >= 15 is 0 Å². The molecule has 0 saturated carbocycles. The number of phenols is 1. The van der Waals surface area contributed by atoms with Crippen molar-refractivity contribution in [3.63, 3.8) is 0 Å². The summed E-state index contributed by atoms with van der Waals surface area (Å²) in [7, 11) is -1.05. The van der Waals surface area contributed by atoms with Crippen LogP contribution in [-0.2, 0) is 15.6 Å². The summed E-state index contributed by atoms with van der Waals surface area (Å²) in [5.74, 6) is -0.552. The average Bonchev–Trinajstić information content (AvgIpc) is 2.99. The topological polar surface area (TPSA) is 66.4 Å². The van der Waals surface area contributed by atoms with Gasteiger partial charge in [-0.2, -0.15) is 0 Å². The maximum atomic E-state index is 14.1. The van der Waals surface area contributed by atoms with Gasteiger partial charge in [-0.3, -0.25) is 9.00 Å². The Balaban J connectivity index is 1.68. The van der Waals surface area contributed by atoms with Crippen LogP contribution in [0.4, 0.5) is 10.1 Å². The highest BCUT2D eigenvalue weighted by Crippen LogP contribution is 2.44. The molecule has 0 aromatic heterocycles. The van der Waals surface area contributed by atoms with E-state index in [9.17, 15) is 18.5 Å². The third kappa shape index (κ3) is 4.55. The molecule has 0 fully saturated rings. The fourth-order valence-corrected chi connectivity index (χ4v) is 4.37. The molecule has 32 heavy (non-hydrogen) atoms. The first-order valence-electron chi connectivity index (χ1n) is 10.1. The van der Waals surface area contributed by atoms with Crippen LogP contribution in [0.3, 0.4) is 0 Å². The van der Waals surface area contributed by atoms with E-state index in [0.717, 1.165) is 32.7 Å². The number of phenolic OH excluding ortho intramolecular Hbond substituents is 1. The molecule has 162 valence electrons. The maximum Gasteiger partial charge on any atom is 0.228 e. The summed E-state index contributed by atoms with van der Waals surface area (Å²) in [4.78, 5) is 13.5. The van der Waals surface area contributed by atoms with E-state index < -0.39 is 10.8 Å². The number of fused-ring (bicyclic) bond motifs is 1. The van der Waals surface area contributed by atoms with Gasteiger partial charge in [0.05, 0.1) is 6.42 Å². The predicted octanol–water partition coefficient (Wildman–Crippen LogP) is 5.63. The Hall–Kier alpha value is -3.51. The number of carbonyl (C=O) groups excluding carboxylic acids is 1. The zero-order valence-corrected chi connectivity index (χ0v) is 18.5. The number of hydrogen-bond acceptors (Lipinski definition) is 3. The van der Waals surface area contributed by atoms with Crippen LogP contribution in [0, 0.1) is 5.82 Å². The van der Waals surface area contributed by atoms with Gasteiger partial charge in [-0.25, -0.2) is 4.39 Å². The third-order valence-electron chi connectivity index (χ3n) is 5.44. The van der Waals surface area contributed by atoms with Crippen molar-refractivity contribution in [1.82, 2.24) is 0 Å². The molecular formula is C26H22FNO3S. The highest BCUT2D eigenvalue weighted by Gasteiger charge is 2.25. The number of rotatable bonds is 5. The minimum absolute atomic E-state index is 0.0645. The molecule has 0 spiro atoms. The highest BCUT2D eigenvalue weighted by molar-refractivity contribution is 7.84. The smallest absolute Gasteiger partial charge is 0.228 e. The van der Waals surface area contributed by atoms with Gasteiger partial charge in [-0.1, -0.05) is 24.3 Å². The second-order valence-corrected chi connectivity index (χ2v) is 9.03. The minimum Gasteiger partial charge on any atom is -0.508 e. The molecule has 0 aliphatic heterocycles. The number of amides is 1. The molecule has 1 unspecified atom stereocenters. The van der Waals surface area contributed by atoms with Crippen LogP contribution >= 0.6 is 0 Å². The van der Waals surface area contributed by atoms with E-state index in [2.05, 4.69) is 5.32 Å². The number of halogens is 1. The van der Waals surface area contributed by atoms with Gasteiger partial charge in [-0.05, 0) is 82.8 Å². The van der Waals surface area contributed by atoms with Gasteiger partial charge < -0.3 is 10.4 Å². The summed E-state index contributed by atoms with van der Waals surface area (Å²) in [5, 5.41) is 12.4. The Morgan fingerprint density at radius 1 is 1.06 bits per heavy atom. The average molecular weight is 448 g/mol. The summed E-state index contributed by atoms with van der Waals surface area (Å²) in [6, 6.07) is 18.4. The van der Waals surface area contributed by atoms with Gasteiger partial charge in [0.2, 0.25) is 5.91 Å². The second-order valence-electron chi connectivity index (χ2n) is 7.65. The Labute approximate surface area is 188 Å². The minimum atomic E-state index is -1.05. The van der Waals surface area contributed by atoms with Gasteiger partial charge in [0.25, 0.3) is 0 Å². The Morgan fingerprint density at radius 2 is 1.81 bits per heavy atom. The lowest BCUT2D eigenvalue weighted by Crippen LogP contribution is -2.12. The zero-order chi connectivity index (χ0) is 22.8. The Morgan fingerprint density at radius 3 is 2.50 bits per heavy atom. The van der Waals surface area contributed by atoms with E-state index in [4.69, 9.17) is 0 Å². The number of benzene rings is 3. The molecule has 0 saturated heterocycles. The van der Waals surface area contributed by atoms with E-state index in [0.29, 0.717) is 11.3 Å². The SMILES string of the molecule is CC1=C(CC(=O)Nc2cccc(O)c2)c2cc(F)ccc2/C1=C/c1ccc(S(C)=O)cc1. The Bertz CT molecular complexity index is 1290. The molecule has 4 nitrogen and oxygen atoms in total. The lowest BCUT2D eigenvalue weighted by molar-refractivity contribution is -0.115. The van der Waals surface area contributed by atoms with Gasteiger partial charge in [-0.15, -0.1) is 0 Å². The monoisotopic (exact) mass is 447 g/mol. The van der Waals surface area contributed by atoms with Crippen molar-refractivity contribution < 1.29 is 18.5 Å². The number of aromatic hydroxyl groups is 1. The van der Waals surface area contributed by atoms with Crippen molar-refractivity contribution in [3.05, 3.63) is 94.8 Å². The summed E-state index contributed by atoms with van der Waals surface area (Å²) < 4.78 is 25.7. The predicted molar refractivity (Wildman–Crippen MR) is 127 cm³/mol. The van der Waals surface area contributed by atoms with Crippen molar-refractivity contribution in [2.24, 2.45) is 0 Å². The van der Waals surface area contributed by atoms with Gasteiger partial charge >= 0.3 is 0 Å². The van der Waals surface area contributed by atoms with Crippen molar-refractivity contribution in [3.8, 4) is 5.75 Å². The number of nitrogens with one attached hydrogen (secondary N) is 1. The molecule has 6 heteroatoms. The van der Waals surface area contributed by atoms with E-state index in [1.54, 1.807) is 24.5 Å². The standard InChI is InChI=1S/C26H22FNO3S/c1-16-23(12-17-6-9-21(10-7-17)32(2)31)22-11-8-18(27)13-25(22)24(16)15-26(30)28-19-4-3-5-20(29)14-19/h3-14,29H,15H2,1-2H3,(H,28,30)/b23-12+. The number of allylic oxidation sites excluding steroid dienone is 2. The van der Waals surface area contributed by atoms with Crippen LogP contribution in [0.25, 0.3) is 17.2 Å². The molecule has 0 heterocycles. The molecule has 2 N–H and O–H groups in total. The molecule has 3 aromatic rings. The first kappa shape index (κ1) is 21.7. The van der Waals surface area contributed by atoms with Crippen LogP contribution in [0.2, 0.25) is 0 Å². The zero-order valence-electron chi connectivity index (χ0n) is 17.7. The molecule has 1 atom stereocenters. The van der Waals surface area contributed by atoms with Crippen molar-refractivity contribution in [2.45, 2.75) is 18.2 Å². The number of carbonyl (C=O) groups is 1. The second kappa shape index (κ2) is 8.93. The molecule has 0 bridgehead atoms. The first-order valence-corrected chi connectivity index (χ1v) is 11.6. The van der Waals surface area contributed by atoms with Gasteiger partial charge in [0.15, 0.2) is 0 Å². The fourth-order valence-electron chi connectivity index (χ4n) is 3.85. The molecular weight excluding hydrogens is 425 g/mol. The molecule has 4 rings (SSSR count). The summed E-state index contributed by atoms with van der Waals surface area (Å²) in [6.45, 7) is 1.93. The third-order valence-corrected chi connectivity index (χ3v) is 6.38. The Kier molecular flexibility index (Phi) is 6.06. The van der Waals surface area contributed by atoms with Crippen LogP contribution in [0.15, 0.2) is 77.2 Å². The van der Waals surface area contributed by atoms with Gasteiger partial charge in [0.1, 0.15) is 11.6 Å². The van der Waals surface area contributed by atoms with Crippen LogP contribution in [0.1, 0.15) is 30.0 Å². The fraction of sp³-hybridized carbons (Fsp3) is 0.115. The molecule has 0 radical (unpaired) electrons. The largest absolute Gasteiger partial charge is 0.508 e. The molecule has 1 amide bonds. The summed E-state index contributed by atoms with van der Waals surface area (Å²) >= 11 is 0. The van der Waals surface area contributed by atoms with Crippen LogP contribution in [0.5, 0.6) is 5.75 Å². The van der Waals surface area contributed by atoms with Crippen molar-refractivity contribution in [2.75, 3.05) is 11.6 Å². The maximum absolute atomic E-state index is 14.1. The number of anilines is 1. The molecule has 3 aromatic carbocycles. The quantitative estimate of drug-likeness (QED) is 0.533. The van der Waals surface area contributed by atoms with Crippen LogP contribution < -0.4 is 5.32 Å². The lowest BCUT2D eigenvalue weighted by atomic mass is 10.0. The first-order chi connectivity index (χ1) is 15.3. The molecule has 1 aliphatic carbocycles. The van der Waals surface area contributed by atoms with Gasteiger partial charge in [0, 0.05) is 33.7 Å². The number of hydrogen-bond donors (Lipinski definition) is 2. The normalized spacial score (nSPS) is 15.0. The van der Waals surface area contributed by atoms with Crippen LogP contribution in [-0.4, -0.2) is 21.5 Å². The summed E-state index contributed by atoms with van der Waals surface area (Å²) in [5.41, 5.74) is 5.57. The highest BCUT2D eigenvalue weighted by atomic mass is 32.2.